The summed E-state index contributed by atoms with van der Waals surface area (Å²) in [5, 5.41) is 3.34. The van der Waals surface area contributed by atoms with E-state index in [0.29, 0.717) is 25.3 Å². The fourth-order valence-electron chi connectivity index (χ4n) is 4.25. The minimum Gasteiger partial charge on any atom is -0.492 e. The molecule has 5 nitrogen and oxygen atoms in total. The van der Waals surface area contributed by atoms with Gasteiger partial charge in [0, 0.05) is 44.8 Å². The van der Waals surface area contributed by atoms with Gasteiger partial charge in [0.25, 0.3) is 5.91 Å². The van der Waals surface area contributed by atoms with Gasteiger partial charge in [0.2, 0.25) is 0 Å². The smallest absolute Gasteiger partial charge is 0.416 e. The van der Waals surface area contributed by atoms with E-state index in [0.717, 1.165) is 63.4 Å². The van der Waals surface area contributed by atoms with E-state index in [1.807, 2.05) is 0 Å². The highest BCUT2D eigenvalue weighted by atomic mass is 19.4. The van der Waals surface area contributed by atoms with E-state index in [9.17, 15) is 18.0 Å². The summed E-state index contributed by atoms with van der Waals surface area (Å²) in [5.74, 6) is 0.713. The molecule has 2 aromatic carbocycles. The second-order valence-corrected chi connectivity index (χ2v) is 9.03. The molecule has 0 radical (unpaired) electrons. The van der Waals surface area contributed by atoms with Crippen molar-refractivity contribution in [1.29, 1.82) is 0 Å². The molecule has 1 aliphatic rings. The lowest BCUT2D eigenvalue weighted by atomic mass is 9.99. The van der Waals surface area contributed by atoms with Crippen molar-refractivity contribution in [2.75, 3.05) is 52.4 Å². The molecule has 1 aliphatic heterocycles. The number of halogens is 3. The maximum Gasteiger partial charge on any atom is 0.416 e. The normalized spacial score (nSPS) is 14.9. The Balaban J connectivity index is 1.46. The molecule has 1 amide bonds. The summed E-state index contributed by atoms with van der Waals surface area (Å²) >= 11 is 0. The summed E-state index contributed by atoms with van der Waals surface area (Å²) < 4.78 is 44.2. The van der Waals surface area contributed by atoms with E-state index in [2.05, 4.69) is 43.1 Å². The van der Waals surface area contributed by atoms with Crippen LogP contribution in [0.5, 0.6) is 5.75 Å². The molecule has 1 N–H and O–H groups in total. The summed E-state index contributed by atoms with van der Waals surface area (Å²) in [4.78, 5) is 16.7. The highest BCUT2D eigenvalue weighted by Gasteiger charge is 2.30. The number of ether oxygens (including phenoxy) is 1. The third kappa shape index (κ3) is 7.45. The Bertz CT molecular complexity index is 969. The van der Waals surface area contributed by atoms with Crippen molar-refractivity contribution in [2.45, 2.75) is 39.8 Å². The van der Waals surface area contributed by atoms with Gasteiger partial charge in [0.1, 0.15) is 12.4 Å². The second-order valence-electron chi connectivity index (χ2n) is 9.03. The predicted molar refractivity (Wildman–Crippen MR) is 132 cm³/mol. The van der Waals surface area contributed by atoms with E-state index in [1.54, 1.807) is 4.90 Å². The van der Waals surface area contributed by atoms with Gasteiger partial charge in [-0.05, 0) is 80.3 Å². The summed E-state index contributed by atoms with van der Waals surface area (Å²) in [6, 6.07) is 8.65. The second kappa shape index (κ2) is 12.4. The Morgan fingerprint density at radius 1 is 0.971 bits per heavy atom. The van der Waals surface area contributed by atoms with Crippen LogP contribution < -0.4 is 10.1 Å². The van der Waals surface area contributed by atoms with E-state index < -0.39 is 11.7 Å². The monoisotopic (exact) mass is 491 g/mol. The van der Waals surface area contributed by atoms with Crippen molar-refractivity contribution in [2.24, 2.45) is 0 Å². The Morgan fingerprint density at radius 3 is 2.29 bits per heavy atom. The first-order valence-corrected chi connectivity index (χ1v) is 12.3. The molecule has 192 valence electrons. The maximum absolute atomic E-state index is 12.8. The molecule has 35 heavy (non-hydrogen) atoms. The van der Waals surface area contributed by atoms with Crippen LogP contribution in [0.15, 0.2) is 36.4 Å². The summed E-state index contributed by atoms with van der Waals surface area (Å²) in [7, 11) is 0. The van der Waals surface area contributed by atoms with Crippen molar-refractivity contribution < 1.29 is 22.7 Å². The van der Waals surface area contributed by atoms with Crippen LogP contribution in [0.4, 0.5) is 13.2 Å². The molecule has 1 saturated heterocycles. The van der Waals surface area contributed by atoms with E-state index in [-0.39, 0.29) is 5.91 Å². The van der Waals surface area contributed by atoms with Gasteiger partial charge in [-0.2, -0.15) is 13.2 Å². The molecule has 0 aliphatic carbocycles. The van der Waals surface area contributed by atoms with Crippen LogP contribution in [0.2, 0.25) is 0 Å². The lowest BCUT2D eigenvalue weighted by Gasteiger charge is -2.35. The van der Waals surface area contributed by atoms with Crippen LogP contribution in [0.1, 0.15) is 46.0 Å². The predicted octanol–water partition coefficient (Wildman–Crippen LogP) is 4.70. The van der Waals surface area contributed by atoms with Crippen LogP contribution in [0.3, 0.4) is 0 Å². The number of alkyl halides is 3. The maximum atomic E-state index is 12.8. The van der Waals surface area contributed by atoms with Crippen LogP contribution in [-0.2, 0) is 12.6 Å². The number of rotatable bonds is 10. The molecule has 0 unspecified atom stereocenters. The molecule has 2 aromatic rings. The minimum atomic E-state index is -4.40. The number of nitrogens with one attached hydrogen (secondary N) is 1. The zero-order chi connectivity index (χ0) is 25.4. The number of benzene rings is 2. The fraction of sp³-hybridized carbons (Fsp3) is 0.519. The molecule has 0 spiro atoms. The first-order chi connectivity index (χ1) is 16.7. The molecular formula is C27H36F3N3O2. The lowest BCUT2D eigenvalue weighted by molar-refractivity contribution is -0.137. The summed E-state index contributed by atoms with van der Waals surface area (Å²) in [6.45, 7) is 12.4. The first-order valence-electron chi connectivity index (χ1n) is 12.3. The molecule has 1 fully saturated rings. The Labute approximate surface area is 206 Å². The number of hydrogen-bond donors (Lipinski definition) is 1. The van der Waals surface area contributed by atoms with E-state index >= 15 is 0 Å². The Hall–Kier alpha value is -2.58. The quantitative estimate of drug-likeness (QED) is 0.490. The number of hydrogen-bond acceptors (Lipinski definition) is 4. The van der Waals surface area contributed by atoms with Gasteiger partial charge in [-0.3, -0.25) is 9.69 Å². The largest absolute Gasteiger partial charge is 0.492 e. The molecular weight excluding hydrogens is 455 g/mol. The van der Waals surface area contributed by atoms with Gasteiger partial charge in [-0.15, -0.1) is 0 Å². The van der Waals surface area contributed by atoms with Crippen molar-refractivity contribution in [1.82, 2.24) is 15.1 Å². The third-order valence-corrected chi connectivity index (χ3v) is 6.63. The van der Waals surface area contributed by atoms with Gasteiger partial charge in [-0.1, -0.05) is 13.0 Å². The number of nitrogens with zero attached hydrogens (tertiary/aromatic N) is 2. The van der Waals surface area contributed by atoms with Crippen LogP contribution in [-0.4, -0.2) is 68.1 Å². The highest BCUT2D eigenvalue weighted by Crippen LogP contribution is 2.29. The molecule has 0 saturated carbocycles. The van der Waals surface area contributed by atoms with Crippen LogP contribution >= 0.6 is 0 Å². The molecule has 0 aromatic heterocycles. The van der Waals surface area contributed by atoms with Gasteiger partial charge in [-0.25, -0.2) is 0 Å². The average molecular weight is 492 g/mol. The van der Waals surface area contributed by atoms with Crippen molar-refractivity contribution in [3.63, 3.8) is 0 Å². The fourth-order valence-corrected chi connectivity index (χ4v) is 4.25. The molecule has 0 atom stereocenters. The van der Waals surface area contributed by atoms with Crippen molar-refractivity contribution in [3.8, 4) is 5.75 Å². The topological polar surface area (TPSA) is 44.8 Å². The minimum absolute atomic E-state index is 0.217. The highest BCUT2D eigenvalue weighted by molar-refractivity contribution is 5.94. The summed E-state index contributed by atoms with van der Waals surface area (Å²) in [5.41, 5.74) is 3.27. The van der Waals surface area contributed by atoms with E-state index in [1.165, 1.54) is 28.8 Å². The standard InChI is InChI=1S/C27H36F3N3O2/c1-4-12-31-13-19-35-25-10-7-22(20(2)21(25)3)11-14-32-15-17-33(18-16-32)26(34)23-5-8-24(9-6-23)27(28,29)30/h5-10,31H,4,11-19H2,1-3H3. The Kier molecular flexibility index (Phi) is 9.57. The summed E-state index contributed by atoms with van der Waals surface area (Å²) in [6.07, 6.45) is -2.38. The van der Waals surface area contributed by atoms with Crippen molar-refractivity contribution >= 4 is 5.91 Å². The zero-order valence-corrected chi connectivity index (χ0v) is 20.9. The SMILES string of the molecule is CCCNCCOc1ccc(CCN2CCN(C(=O)c3ccc(C(F)(F)F)cc3)CC2)c(C)c1C. The molecule has 1 heterocycles. The van der Waals surface area contributed by atoms with Crippen molar-refractivity contribution in [3.05, 3.63) is 64.2 Å². The average Bonchev–Trinajstić information content (AvgIpc) is 2.85. The first kappa shape index (κ1) is 27.0. The lowest BCUT2D eigenvalue weighted by Crippen LogP contribution is -2.49. The molecule has 3 rings (SSSR count). The zero-order valence-electron chi connectivity index (χ0n) is 20.9. The number of carbonyl (C=O) groups excluding carboxylic acids is 1. The molecule has 0 bridgehead atoms. The Morgan fingerprint density at radius 2 is 1.66 bits per heavy atom. The van der Waals surface area contributed by atoms with Gasteiger partial charge in [0.05, 0.1) is 5.56 Å². The van der Waals surface area contributed by atoms with E-state index in [4.69, 9.17) is 4.74 Å². The van der Waals surface area contributed by atoms with Gasteiger partial charge < -0.3 is 15.0 Å². The van der Waals surface area contributed by atoms with Gasteiger partial charge in [0.15, 0.2) is 0 Å². The number of carbonyl (C=O) groups is 1. The molecule has 8 heteroatoms. The van der Waals surface area contributed by atoms with Crippen LogP contribution in [0.25, 0.3) is 0 Å². The number of amides is 1. The number of piperazine rings is 1. The van der Waals surface area contributed by atoms with Gasteiger partial charge >= 0.3 is 6.18 Å². The van der Waals surface area contributed by atoms with Crippen LogP contribution in [0, 0.1) is 13.8 Å². The third-order valence-electron chi connectivity index (χ3n) is 6.63.